The van der Waals surface area contributed by atoms with E-state index in [9.17, 15) is 13.2 Å². The van der Waals surface area contributed by atoms with Crippen molar-refractivity contribution in [1.82, 2.24) is 9.97 Å². The number of urea groups is 1. The Hall–Kier alpha value is -2.37. The van der Waals surface area contributed by atoms with E-state index in [1.165, 1.54) is 13.4 Å². The minimum absolute atomic E-state index is 0.0451. The number of aryl methyl sites for hydroxylation is 1. The minimum atomic E-state index is -3.99. The lowest BCUT2D eigenvalue weighted by molar-refractivity contribution is -0.685. The molecular formula is C12H17N6O4S+. The zero-order valence-electron chi connectivity index (χ0n) is 12.8. The van der Waals surface area contributed by atoms with Gasteiger partial charge in [-0.05, 0) is 13.8 Å². The zero-order valence-corrected chi connectivity index (χ0v) is 13.7. The maximum Gasteiger partial charge on any atom is 0.434 e. The number of hydrogen-bond donors (Lipinski definition) is 2. The molecule has 0 spiro atoms. The average molecular weight is 341 g/mol. The predicted octanol–water partition coefficient (Wildman–Crippen LogP) is 0.292. The summed E-state index contributed by atoms with van der Waals surface area (Å²) in [6.07, 6.45) is 2.36. The Kier molecular flexibility index (Phi) is 4.45. The van der Waals surface area contributed by atoms with Crippen LogP contribution in [-0.2, 0) is 10.0 Å². The summed E-state index contributed by atoms with van der Waals surface area (Å²) in [7, 11) is -2.54. The monoisotopic (exact) mass is 341 g/mol. The first-order chi connectivity index (χ1) is 10.7. The highest BCUT2D eigenvalue weighted by Gasteiger charge is 2.39. The Balaban J connectivity index is 2.31. The van der Waals surface area contributed by atoms with E-state index in [1.807, 2.05) is 0 Å². The summed E-state index contributed by atoms with van der Waals surface area (Å²) >= 11 is 0. The van der Waals surface area contributed by atoms with Gasteiger partial charge in [-0.25, -0.2) is 28.7 Å². The van der Waals surface area contributed by atoms with Crippen molar-refractivity contribution in [2.24, 2.45) is 10.1 Å². The summed E-state index contributed by atoms with van der Waals surface area (Å²) in [5.41, 5.74) is 0.603. The van der Waals surface area contributed by atoms with E-state index in [1.54, 1.807) is 19.9 Å². The summed E-state index contributed by atoms with van der Waals surface area (Å²) in [5, 5.41) is 7.19. The molecule has 11 heteroatoms. The molecule has 2 rings (SSSR count). The number of primary sulfonamides is 1. The lowest BCUT2D eigenvalue weighted by atomic mass is 10.4. The standard InChI is InChI=1S/C12H16N6O4S/c1-4-18(6-10(14-7-18)23(13,20)21)12(19)17-11-15-8(2)5-9(16-11)22-3/h5-7H,4H2,1-3H3,(H2-,13,15,16,17,19,20,21)/p+1. The van der Waals surface area contributed by atoms with Crippen LogP contribution in [0.1, 0.15) is 12.6 Å². The molecule has 1 aromatic rings. The van der Waals surface area contributed by atoms with Crippen LogP contribution in [0.2, 0.25) is 0 Å². The second kappa shape index (κ2) is 6.02. The topological polar surface area (TPSA) is 137 Å². The molecule has 0 saturated heterocycles. The third-order valence-corrected chi connectivity index (χ3v) is 3.98. The van der Waals surface area contributed by atoms with Crippen molar-refractivity contribution in [3.63, 3.8) is 0 Å². The van der Waals surface area contributed by atoms with Gasteiger partial charge in [0.25, 0.3) is 10.0 Å². The molecule has 1 aliphatic rings. The van der Waals surface area contributed by atoms with Crippen LogP contribution in [0.25, 0.3) is 0 Å². The summed E-state index contributed by atoms with van der Waals surface area (Å²) in [6.45, 7) is 3.66. The number of anilines is 1. The number of amides is 2. The van der Waals surface area contributed by atoms with Crippen LogP contribution < -0.4 is 15.2 Å². The fourth-order valence-corrected chi connectivity index (χ4v) is 2.43. The molecule has 1 atom stereocenters. The largest absolute Gasteiger partial charge is 0.481 e. The fraction of sp³-hybridized carbons (Fsp3) is 0.333. The molecule has 3 N–H and O–H groups in total. The number of quaternary nitrogens is 1. The number of nitrogens with zero attached hydrogens (tertiary/aromatic N) is 4. The number of aliphatic imine (C=N–C) groups is 1. The summed E-state index contributed by atoms with van der Waals surface area (Å²) < 4.78 is 27.3. The van der Waals surface area contributed by atoms with E-state index in [2.05, 4.69) is 20.3 Å². The van der Waals surface area contributed by atoms with Gasteiger partial charge in [0, 0.05) is 11.8 Å². The second-order valence-corrected chi connectivity index (χ2v) is 6.32. The number of carbonyl (C=O) groups excluding carboxylic acids is 1. The van der Waals surface area contributed by atoms with Gasteiger partial charge >= 0.3 is 6.03 Å². The first-order valence-corrected chi connectivity index (χ1v) is 8.14. The van der Waals surface area contributed by atoms with E-state index in [-0.39, 0.29) is 17.5 Å². The fourth-order valence-electron chi connectivity index (χ4n) is 1.90. The number of sulfonamides is 1. The van der Waals surface area contributed by atoms with Crippen molar-refractivity contribution in [1.29, 1.82) is 0 Å². The van der Waals surface area contributed by atoms with Gasteiger partial charge < -0.3 is 4.74 Å². The molecule has 0 aromatic carbocycles. The van der Waals surface area contributed by atoms with Crippen molar-refractivity contribution in [2.75, 3.05) is 19.0 Å². The van der Waals surface area contributed by atoms with Crippen LogP contribution >= 0.6 is 0 Å². The van der Waals surface area contributed by atoms with E-state index < -0.39 is 20.5 Å². The number of ether oxygens (including phenoxy) is 1. The third kappa shape index (κ3) is 3.52. The molecule has 1 aliphatic heterocycles. The zero-order chi connectivity index (χ0) is 17.3. The molecule has 0 aliphatic carbocycles. The predicted molar refractivity (Wildman–Crippen MR) is 82.8 cm³/mol. The van der Waals surface area contributed by atoms with Crippen LogP contribution in [0.3, 0.4) is 0 Å². The summed E-state index contributed by atoms with van der Waals surface area (Å²) in [5.74, 6) is 0.343. The van der Waals surface area contributed by atoms with Crippen LogP contribution in [0.5, 0.6) is 5.88 Å². The Labute approximate surface area is 133 Å². The summed E-state index contributed by atoms with van der Waals surface area (Å²) in [6, 6.07) is 1.04. The molecule has 0 fully saturated rings. The van der Waals surface area contributed by atoms with E-state index in [0.29, 0.717) is 11.6 Å². The molecule has 23 heavy (non-hydrogen) atoms. The van der Waals surface area contributed by atoms with Crippen molar-refractivity contribution in [3.05, 3.63) is 23.0 Å². The minimum Gasteiger partial charge on any atom is -0.481 e. The van der Waals surface area contributed by atoms with Gasteiger partial charge in [0.1, 0.15) is 0 Å². The normalized spacial score (nSPS) is 20.3. The van der Waals surface area contributed by atoms with Gasteiger partial charge in [-0.3, -0.25) is 0 Å². The van der Waals surface area contributed by atoms with Crippen molar-refractivity contribution < 1.29 is 22.4 Å². The highest BCUT2D eigenvalue weighted by molar-refractivity contribution is 7.93. The number of carbonyl (C=O) groups is 1. The van der Waals surface area contributed by atoms with Crippen LogP contribution in [0.4, 0.5) is 10.7 Å². The molecule has 0 saturated carbocycles. The van der Waals surface area contributed by atoms with Crippen molar-refractivity contribution in [2.45, 2.75) is 13.8 Å². The lowest BCUT2D eigenvalue weighted by Crippen LogP contribution is -2.48. The van der Waals surface area contributed by atoms with Gasteiger partial charge in [-0.1, -0.05) is 0 Å². The number of aromatic nitrogens is 2. The molecule has 1 unspecified atom stereocenters. The van der Waals surface area contributed by atoms with E-state index in [0.717, 1.165) is 6.20 Å². The number of hydrogen-bond acceptors (Lipinski definition) is 7. The molecule has 124 valence electrons. The highest BCUT2D eigenvalue weighted by Crippen LogP contribution is 2.21. The molecular weight excluding hydrogens is 324 g/mol. The van der Waals surface area contributed by atoms with Crippen molar-refractivity contribution >= 4 is 28.3 Å². The van der Waals surface area contributed by atoms with Crippen molar-refractivity contribution in [3.8, 4) is 5.88 Å². The SMILES string of the molecule is CC[N+]1(C(=O)Nc2nc(C)cc(OC)n2)C=NC(S(N)(=O)=O)=C1. The van der Waals surface area contributed by atoms with Gasteiger partial charge in [0.2, 0.25) is 23.2 Å². The number of nitrogens with one attached hydrogen (secondary N) is 1. The quantitative estimate of drug-likeness (QED) is 0.755. The Morgan fingerprint density at radius 3 is 2.65 bits per heavy atom. The van der Waals surface area contributed by atoms with Crippen LogP contribution in [0, 0.1) is 6.92 Å². The third-order valence-electron chi connectivity index (χ3n) is 3.18. The second-order valence-electron chi connectivity index (χ2n) is 4.81. The van der Waals surface area contributed by atoms with Crippen LogP contribution in [0.15, 0.2) is 22.3 Å². The van der Waals surface area contributed by atoms with Gasteiger partial charge in [-0.2, -0.15) is 14.5 Å². The number of nitrogens with two attached hydrogens (primary N) is 1. The lowest BCUT2D eigenvalue weighted by Gasteiger charge is -2.22. The molecule has 2 heterocycles. The first-order valence-electron chi connectivity index (χ1n) is 6.60. The van der Waals surface area contributed by atoms with Gasteiger partial charge in [-0.15, -0.1) is 0 Å². The molecule has 0 bridgehead atoms. The Morgan fingerprint density at radius 1 is 1.43 bits per heavy atom. The molecule has 10 nitrogen and oxygen atoms in total. The smallest absolute Gasteiger partial charge is 0.434 e. The maximum absolute atomic E-state index is 12.5. The first kappa shape index (κ1) is 17.0. The van der Waals surface area contributed by atoms with E-state index in [4.69, 9.17) is 9.88 Å². The average Bonchev–Trinajstić information content (AvgIpc) is 2.92. The van der Waals surface area contributed by atoms with Gasteiger partial charge in [0.15, 0.2) is 6.20 Å². The number of rotatable bonds is 4. The molecule has 0 radical (unpaired) electrons. The molecule has 2 amide bonds. The maximum atomic E-state index is 12.5. The Bertz CT molecular complexity index is 804. The summed E-state index contributed by atoms with van der Waals surface area (Å²) in [4.78, 5) is 24.3. The van der Waals surface area contributed by atoms with Crippen LogP contribution in [-0.4, -0.2) is 48.9 Å². The number of methoxy groups -OCH3 is 1. The molecule has 1 aromatic heterocycles. The van der Waals surface area contributed by atoms with Gasteiger partial charge in [0.05, 0.1) is 13.7 Å². The highest BCUT2D eigenvalue weighted by atomic mass is 32.2. The Morgan fingerprint density at radius 2 is 2.13 bits per heavy atom. The van der Waals surface area contributed by atoms with E-state index >= 15 is 0 Å².